The van der Waals surface area contributed by atoms with Gasteiger partial charge in [0.15, 0.2) is 0 Å². The van der Waals surface area contributed by atoms with Crippen LogP contribution in [0.15, 0.2) is 12.2 Å². The van der Waals surface area contributed by atoms with E-state index in [0.717, 1.165) is 41.7 Å². The van der Waals surface area contributed by atoms with E-state index in [9.17, 15) is 5.11 Å². The lowest BCUT2D eigenvalue weighted by molar-refractivity contribution is 0.0666. The lowest BCUT2D eigenvalue weighted by Crippen LogP contribution is -2.36. The molecule has 0 aromatic heterocycles. The third-order valence-corrected chi connectivity index (χ3v) is 8.28. The molecule has 2 rings (SSSR count). The van der Waals surface area contributed by atoms with Crippen LogP contribution in [-0.4, -0.2) is 10.7 Å². The Balaban J connectivity index is 1.49. The van der Waals surface area contributed by atoms with E-state index in [-0.39, 0.29) is 5.60 Å². The van der Waals surface area contributed by atoms with Crippen LogP contribution in [0.3, 0.4) is 0 Å². The molecule has 1 atom stereocenters. The first-order chi connectivity index (χ1) is 16.9. The Labute approximate surface area is 217 Å². The van der Waals surface area contributed by atoms with Crippen molar-refractivity contribution in [2.24, 2.45) is 0 Å². The predicted molar refractivity (Wildman–Crippen MR) is 153 cm³/mol. The molecular formula is C33H56O2. The van der Waals surface area contributed by atoms with E-state index in [1.54, 1.807) is 0 Å². The lowest BCUT2D eigenvalue weighted by atomic mass is 9.85. The zero-order valence-corrected chi connectivity index (χ0v) is 23.9. The number of benzene rings is 1. The summed E-state index contributed by atoms with van der Waals surface area (Å²) < 4.78 is 6.54. The van der Waals surface area contributed by atoms with E-state index < -0.39 is 0 Å². The SMILES string of the molecule is CCCCCCCCCCCCCCCCCC=CC[C@]1(C)CCc2c(C)c(O)c(C)c(C)c2O1. The van der Waals surface area contributed by atoms with Crippen LogP contribution >= 0.6 is 0 Å². The van der Waals surface area contributed by atoms with Gasteiger partial charge in [-0.15, -0.1) is 0 Å². The molecule has 1 aliphatic heterocycles. The van der Waals surface area contributed by atoms with Crippen LogP contribution < -0.4 is 4.74 Å². The Hall–Kier alpha value is -1.44. The summed E-state index contributed by atoms with van der Waals surface area (Å²) in [5.41, 5.74) is 4.10. The van der Waals surface area contributed by atoms with Crippen LogP contribution in [0.25, 0.3) is 0 Å². The third kappa shape index (κ3) is 10.2. The van der Waals surface area contributed by atoms with Crippen molar-refractivity contribution in [3.63, 3.8) is 0 Å². The number of ether oxygens (including phenoxy) is 1. The van der Waals surface area contributed by atoms with Crippen molar-refractivity contribution in [3.8, 4) is 11.5 Å². The summed E-state index contributed by atoms with van der Waals surface area (Å²) >= 11 is 0. The highest BCUT2D eigenvalue weighted by Crippen LogP contribution is 2.44. The van der Waals surface area contributed by atoms with Crippen LogP contribution in [0.5, 0.6) is 11.5 Å². The van der Waals surface area contributed by atoms with Gasteiger partial charge >= 0.3 is 0 Å². The van der Waals surface area contributed by atoms with Gasteiger partial charge in [0.1, 0.15) is 17.1 Å². The summed E-state index contributed by atoms with van der Waals surface area (Å²) in [7, 11) is 0. The number of hydrogen-bond acceptors (Lipinski definition) is 2. The molecule has 1 heterocycles. The normalized spacial score (nSPS) is 17.6. The Morgan fingerprint density at radius 3 is 1.77 bits per heavy atom. The molecule has 0 amide bonds. The molecule has 1 aromatic rings. The average molecular weight is 485 g/mol. The zero-order chi connectivity index (χ0) is 25.5. The average Bonchev–Trinajstić information content (AvgIpc) is 2.85. The minimum atomic E-state index is -0.140. The van der Waals surface area contributed by atoms with E-state index in [1.165, 1.54) is 108 Å². The summed E-state index contributed by atoms with van der Waals surface area (Å²) in [6.45, 7) is 10.6. The van der Waals surface area contributed by atoms with Crippen molar-refractivity contribution in [2.45, 2.75) is 162 Å². The number of phenols is 1. The first-order valence-electron chi connectivity index (χ1n) is 15.0. The highest BCUT2D eigenvalue weighted by Gasteiger charge is 2.33. The Morgan fingerprint density at radius 1 is 0.714 bits per heavy atom. The van der Waals surface area contributed by atoms with Gasteiger partial charge < -0.3 is 9.84 Å². The Bertz CT molecular complexity index is 763. The summed E-state index contributed by atoms with van der Waals surface area (Å²) in [6.07, 6.45) is 30.2. The molecular weight excluding hydrogens is 428 g/mol. The quantitative estimate of drug-likeness (QED) is 0.166. The Morgan fingerprint density at radius 2 is 1.23 bits per heavy atom. The standard InChI is InChI=1S/C33H56O2/c1-6-7-8-9-10-11-12-13-14-15-16-17-18-19-20-21-22-23-25-33(5)26-24-30-29(4)31(34)27(2)28(3)32(30)35-33/h22-23,34H,6-21,24-26H2,1-5H3/t33-/m1/s1. The number of allylic oxidation sites excluding steroid dienone is 1. The van der Waals surface area contributed by atoms with Crippen LogP contribution in [-0.2, 0) is 6.42 Å². The number of rotatable bonds is 18. The van der Waals surface area contributed by atoms with Crippen LogP contribution in [0.4, 0.5) is 0 Å². The minimum Gasteiger partial charge on any atom is -0.507 e. The molecule has 2 nitrogen and oxygen atoms in total. The lowest BCUT2D eigenvalue weighted by Gasteiger charge is -2.37. The fourth-order valence-corrected chi connectivity index (χ4v) is 5.52. The second-order valence-electron chi connectivity index (χ2n) is 11.5. The predicted octanol–water partition coefficient (Wildman–Crippen LogP) is 10.6. The monoisotopic (exact) mass is 484 g/mol. The van der Waals surface area contributed by atoms with Gasteiger partial charge in [-0.25, -0.2) is 0 Å². The second-order valence-corrected chi connectivity index (χ2v) is 11.5. The maximum atomic E-state index is 10.4. The number of hydrogen-bond donors (Lipinski definition) is 1. The molecule has 1 aromatic carbocycles. The number of unbranched alkanes of at least 4 members (excludes halogenated alkanes) is 15. The number of fused-ring (bicyclic) bond motifs is 1. The topological polar surface area (TPSA) is 29.5 Å². The molecule has 0 radical (unpaired) electrons. The highest BCUT2D eigenvalue weighted by atomic mass is 16.5. The summed E-state index contributed by atoms with van der Waals surface area (Å²) in [5.74, 6) is 1.46. The molecule has 200 valence electrons. The second kappa shape index (κ2) is 16.3. The molecule has 0 saturated carbocycles. The smallest absolute Gasteiger partial charge is 0.127 e. The van der Waals surface area contributed by atoms with E-state index in [1.807, 2.05) is 13.8 Å². The van der Waals surface area contributed by atoms with Gasteiger partial charge in [0.25, 0.3) is 0 Å². The van der Waals surface area contributed by atoms with Gasteiger partial charge in [-0.2, -0.15) is 0 Å². The van der Waals surface area contributed by atoms with Gasteiger partial charge in [0.2, 0.25) is 0 Å². The van der Waals surface area contributed by atoms with Crippen LogP contribution in [0.1, 0.15) is 152 Å². The van der Waals surface area contributed by atoms with Crippen molar-refractivity contribution in [1.29, 1.82) is 0 Å². The minimum absolute atomic E-state index is 0.140. The van der Waals surface area contributed by atoms with E-state index in [0.29, 0.717) is 5.75 Å². The molecule has 0 bridgehead atoms. The molecule has 0 spiro atoms. The van der Waals surface area contributed by atoms with E-state index in [4.69, 9.17) is 4.74 Å². The molecule has 0 unspecified atom stereocenters. The van der Waals surface area contributed by atoms with Crippen molar-refractivity contribution >= 4 is 0 Å². The molecule has 1 N–H and O–H groups in total. The summed E-state index contributed by atoms with van der Waals surface area (Å²) in [4.78, 5) is 0. The van der Waals surface area contributed by atoms with E-state index >= 15 is 0 Å². The number of aromatic hydroxyl groups is 1. The molecule has 0 aliphatic carbocycles. The summed E-state index contributed by atoms with van der Waals surface area (Å²) in [5, 5.41) is 10.4. The summed E-state index contributed by atoms with van der Waals surface area (Å²) in [6, 6.07) is 0. The molecule has 0 saturated heterocycles. The van der Waals surface area contributed by atoms with Crippen molar-refractivity contribution in [3.05, 3.63) is 34.4 Å². The maximum absolute atomic E-state index is 10.4. The van der Waals surface area contributed by atoms with Gasteiger partial charge in [0.05, 0.1) is 0 Å². The van der Waals surface area contributed by atoms with Crippen molar-refractivity contribution in [1.82, 2.24) is 0 Å². The fourth-order valence-electron chi connectivity index (χ4n) is 5.52. The molecule has 2 heteroatoms. The molecule has 1 aliphatic rings. The van der Waals surface area contributed by atoms with Crippen LogP contribution in [0, 0.1) is 20.8 Å². The molecule has 0 fully saturated rings. The highest BCUT2D eigenvalue weighted by molar-refractivity contribution is 5.58. The van der Waals surface area contributed by atoms with Crippen LogP contribution in [0.2, 0.25) is 0 Å². The zero-order valence-electron chi connectivity index (χ0n) is 23.9. The van der Waals surface area contributed by atoms with Crippen molar-refractivity contribution in [2.75, 3.05) is 0 Å². The third-order valence-electron chi connectivity index (χ3n) is 8.28. The number of phenolic OH excluding ortho intramolecular Hbond substituents is 1. The van der Waals surface area contributed by atoms with Gasteiger partial charge in [0, 0.05) is 12.0 Å². The van der Waals surface area contributed by atoms with Gasteiger partial charge in [-0.3, -0.25) is 0 Å². The largest absolute Gasteiger partial charge is 0.507 e. The first-order valence-corrected chi connectivity index (χ1v) is 15.0. The van der Waals surface area contributed by atoms with E-state index in [2.05, 4.69) is 32.9 Å². The maximum Gasteiger partial charge on any atom is 0.127 e. The van der Waals surface area contributed by atoms with Crippen molar-refractivity contribution < 1.29 is 9.84 Å². The fraction of sp³-hybridized carbons (Fsp3) is 0.758. The first kappa shape index (κ1) is 29.8. The van der Waals surface area contributed by atoms with Gasteiger partial charge in [-0.05, 0) is 70.1 Å². The van der Waals surface area contributed by atoms with Gasteiger partial charge in [-0.1, -0.05) is 109 Å². The Kier molecular flexibility index (Phi) is 13.9. The molecule has 35 heavy (non-hydrogen) atoms.